The Bertz CT molecular complexity index is 255. The van der Waals surface area contributed by atoms with Gasteiger partial charge in [-0.3, -0.25) is 9.69 Å². The van der Waals surface area contributed by atoms with Crippen molar-refractivity contribution in [2.75, 3.05) is 19.6 Å². The number of rotatable bonds is 4. The summed E-state index contributed by atoms with van der Waals surface area (Å²) in [6.45, 7) is 6.53. The maximum Gasteiger partial charge on any atom is 0.320 e. The van der Waals surface area contributed by atoms with Crippen molar-refractivity contribution in [2.45, 2.75) is 51.3 Å². The molecule has 0 saturated carbocycles. The van der Waals surface area contributed by atoms with Crippen LogP contribution in [0, 0.1) is 0 Å². The Hall–Kier alpha value is -0.610. The Morgan fingerprint density at radius 2 is 2.25 bits per heavy atom. The molecular formula is C12H22N2O2. The van der Waals surface area contributed by atoms with E-state index in [4.69, 9.17) is 4.74 Å². The molecule has 2 aliphatic rings. The number of ether oxygens (including phenoxy) is 1. The zero-order valence-electron chi connectivity index (χ0n) is 10.2. The molecule has 2 aliphatic heterocycles. The molecule has 2 atom stereocenters. The van der Waals surface area contributed by atoms with Crippen LogP contribution in [0.1, 0.15) is 33.1 Å². The first kappa shape index (κ1) is 11.9. The average molecular weight is 226 g/mol. The molecule has 92 valence electrons. The second-order valence-electron chi connectivity index (χ2n) is 5.06. The molecule has 2 heterocycles. The van der Waals surface area contributed by atoms with Crippen LogP contribution in [0.4, 0.5) is 0 Å². The highest BCUT2D eigenvalue weighted by atomic mass is 16.5. The number of hydrogen-bond acceptors (Lipinski definition) is 4. The van der Waals surface area contributed by atoms with E-state index in [1.807, 2.05) is 13.8 Å². The summed E-state index contributed by atoms with van der Waals surface area (Å²) in [6.07, 6.45) is 3.73. The molecule has 0 spiro atoms. The fraction of sp³-hybridized carbons (Fsp3) is 0.917. The fourth-order valence-electron chi connectivity index (χ4n) is 2.84. The van der Waals surface area contributed by atoms with E-state index in [-0.39, 0.29) is 12.1 Å². The lowest BCUT2D eigenvalue weighted by molar-refractivity contribution is -0.146. The Morgan fingerprint density at radius 3 is 3.00 bits per heavy atom. The molecule has 0 amide bonds. The van der Waals surface area contributed by atoms with Crippen LogP contribution in [-0.2, 0) is 9.53 Å². The Kier molecular flexibility index (Phi) is 3.82. The molecule has 1 N–H and O–H groups in total. The number of carbonyl (C=O) groups is 1. The summed E-state index contributed by atoms with van der Waals surface area (Å²) in [5.41, 5.74) is 0. The van der Waals surface area contributed by atoms with Crippen molar-refractivity contribution in [2.24, 2.45) is 0 Å². The van der Waals surface area contributed by atoms with Gasteiger partial charge in [0.05, 0.1) is 12.6 Å². The minimum absolute atomic E-state index is 0.0131. The van der Waals surface area contributed by atoms with Crippen LogP contribution in [0.25, 0.3) is 0 Å². The summed E-state index contributed by atoms with van der Waals surface area (Å²) in [7, 11) is 0. The van der Waals surface area contributed by atoms with Crippen LogP contribution in [0.15, 0.2) is 0 Å². The molecule has 4 heteroatoms. The first-order valence-corrected chi connectivity index (χ1v) is 6.33. The van der Waals surface area contributed by atoms with Crippen molar-refractivity contribution in [3.05, 3.63) is 0 Å². The van der Waals surface area contributed by atoms with Crippen LogP contribution in [0.3, 0.4) is 0 Å². The monoisotopic (exact) mass is 226 g/mol. The van der Waals surface area contributed by atoms with Crippen LogP contribution >= 0.6 is 0 Å². The fourth-order valence-corrected chi connectivity index (χ4v) is 2.84. The molecule has 0 aromatic heterocycles. The molecule has 2 fully saturated rings. The predicted octanol–water partition coefficient (Wildman–Crippen LogP) is 0.764. The second kappa shape index (κ2) is 5.15. The molecular weight excluding hydrogens is 204 g/mol. The Labute approximate surface area is 97.3 Å². The van der Waals surface area contributed by atoms with Gasteiger partial charge in [-0.25, -0.2) is 0 Å². The van der Waals surface area contributed by atoms with Crippen molar-refractivity contribution >= 4 is 5.97 Å². The third-order valence-electron chi connectivity index (χ3n) is 3.48. The van der Waals surface area contributed by atoms with E-state index in [1.54, 1.807) is 0 Å². The number of esters is 1. The van der Waals surface area contributed by atoms with Crippen LogP contribution in [0.5, 0.6) is 0 Å². The van der Waals surface area contributed by atoms with Gasteiger partial charge < -0.3 is 10.1 Å². The topological polar surface area (TPSA) is 41.6 Å². The number of carbonyl (C=O) groups excluding carboxylic acids is 1. The van der Waals surface area contributed by atoms with Gasteiger partial charge in [-0.05, 0) is 39.7 Å². The first-order chi connectivity index (χ1) is 7.66. The van der Waals surface area contributed by atoms with E-state index in [2.05, 4.69) is 10.2 Å². The summed E-state index contributed by atoms with van der Waals surface area (Å²) >= 11 is 0. The summed E-state index contributed by atoms with van der Waals surface area (Å²) in [5, 5.41) is 3.34. The van der Waals surface area contributed by atoms with E-state index in [1.165, 1.54) is 32.4 Å². The smallest absolute Gasteiger partial charge is 0.320 e. The average Bonchev–Trinajstić information content (AvgIpc) is 2.75. The quantitative estimate of drug-likeness (QED) is 0.719. The van der Waals surface area contributed by atoms with Gasteiger partial charge in [0.1, 0.15) is 0 Å². The summed E-state index contributed by atoms with van der Waals surface area (Å²) in [5.74, 6) is -0.133. The Balaban J connectivity index is 1.72. The maximum absolute atomic E-state index is 11.4. The van der Waals surface area contributed by atoms with Crippen molar-refractivity contribution in [3.8, 4) is 0 Å². The van der Waals surface area contributed by atoms with Gasteiger partial charge in [0.25, 0.3) is 0 Å². The van der Waals surface area contributed by atoms with Gasteiger partial charge in [-0.2, -0.15) is 0 Å². The van der Waals surface area contributed by atoms with Crippen molar-refractivity contribution in [1.29, 1.82) is 0 Å². The van der Waals surface area contributed by atoms with E-state index in [0.717, 1.165) is 0 Å². The third kappa shape index (κ3) is 2.74. The van der Waals surface area contributed by atoms with Gasteiger partial charge in [0.2, 0.25) is 0 Å². The Morgan fingerprint density at radius 1 is 1.44 bits per heavy atom. The molecule has 2 unspecified atom stereocenters. The van der Waals surface area contributed by atoms with Crippen molar-refractivity contribution < 1.29 is 9.53 Å². The van der Waals surface area contributed by atoms with Crippen LogP contribution < -0.4 is 5.32 Å². The highest BCUT2D eigenvalue weighted by Crippen LogP contribution is 2.27. The van der Waals surface area contributed by atoms with Gasteiger partial charge in [-0.15, -0.1) is 0 Å². The second-order valence-corrected chi connectivity index (χ2v) is 5.06. The number of fused-ring (bicyclic) bond motifs is 1. The lowest BCUT2D eigenvalue weighted by Crippen LogP contribution is -2.42. The molecule has 0 aromatic carbocycles. The molecule has 0 aliphatic carbocycles. The van der Waals surface area contributed by atoms with Crippen LogP contribution in [0.2, 0.25) is 0 Å². The minimum atomic E-state index is -0.133. The van der Waals surface area contributed by atoms with Gasteiger partial charge in [-0.1, -0.05) is 0 Å². The van der Waals surface area contributed by atoms with Gasteiger partial charge in [0, 0.05) is 18.6 Å². The highest BCUT2D eigenvalue weighted by Gasteiger charge is 2.36. The molecule has 2 saturated heterocycles. The zero-order valence-corrected chi connectivity index (χ0v) is 10.2. The maximum atomic E-state index is 11.4. The number of hydrogen-bond donors (Lipinski definition) is 1. The summed E-state index contributed by atoms with van der Waals surface area (Å²) in [6, 6.07) is 1.15. The summed E-state index contributed by atoms with van der Waals surface area (Å²) in [4.78, 5) is 13.9. The largest absolute Gasteiger partial charge is 0.462 e. The number of nitrogens with one attached hydrogen (secondary N) is 1. The van der Waals surface area contributed by atoms with Crippen molar-refractivity contribution in [1.82, 2.24) is 10.2 Å². The van der Waals surface area contributed by atoms with E-state index in [0.29, 0.717) is 18.6 Å². The van der Waals surface area contributed by atoms with Crippen molar-refractivity contribution in [3.63, 3.8) is 0 Å². The lowest BCUT2D eigenvalue weighted by Gasteiger charge is -2.21. The molecule has 2 rings (SSSR count). The molecule has 0 radical (unpaired) electrons. The SMILES string of the molecule is CC(C)OC(=O)CNC1CCN2CCCC12. The highest BCUT2D eigenvalue weighted by molar-refractivity contribution is 5.71. The van der Waals surface area contributed by atoms with Crippen LogP contribution in [-0.4, -0.2) is 48.7 Å². The van der Waals surface area contributed by atoms with E-state index < -0.39 is 0 Å². The summed E-state index contributed by atoms with van der Waals surface area (Å²) < 4.78 is 5.11. The zero-order chi connectivity index (χ0) is 11.5. The normalized spacial score (nSPS) is 29.7. The molecule has 16 heavy (non-hydrogen) atoms. The lowest BCUT2D eigenvalue weighted by atomic mass is 10.1. The molecule has 0 aromatic rings. The predicted molar refractivity (Wildman–Crippen MR) is 62.2 cm³/mol. The molecule has 4 nitrogen and oxygen atoms in total. The first-order valence-electron chi connectivity index (χ1n) is 6.33. The number of nitrogens with zero attached hydrogens (tertiary/aromatic N) is 1. The molecule has 0 bridgehead atoms. The minimum Gasteiger partial charge on any atom is -0.462 e. The van der Waals surface area contributed by atoms with E-state index >= 15 is 0 Å². The van der Waals surface area contributed by atoms with Gasteiger partial charge in [0.15, 0.2) is 0 Å². The van der Waals surface area contributed by atoms with E-state index in [9.17, 15) is 4.79 Å². The van der Waals surface area contributed by atoms with Gasteiger partial charge >= 0.3 is 5.97 Å². The standard InChI is InChI=1S/C12H22N2O2/c1-9(2)16-12(15)8-13-10-5-7-14-6-3-4-11(10)14/h9-11,13H,3-8H2,1-2H3. The third-order valence-corrected chi connectivity index (χ3v) is 3.48.